The summed E-state index contributed by atoms with van der Waals surface area (Å²) in [6, 6.07) is 0. The van der Waals surface area contributed by atoms with Crippen LogP contribution in [0.2, 0.25) is 0 Å². The van der Waals surface area contributed by atoms with E-state index in [2.05, 4.69) is 33.9 Å². The van der Waals surface area contributed by atoms with Crippen molar-refractivity contribution in [1.82, 2.24) is 0 Å². The van der Waals surface area contributed by atoms with Crippen LogP contribution in [0.25, 0.3) is 0 Å². The molecule has 1 atom stereocenters. The van der Waals surface area contributed by atoms with Gasteiger partial charge in [-0.25, -0.2) is 4.39 Å². The van der Waals surface area contributed by atoms with Crippen LogP contribution in [-0.2, 0) is 0 Å². The van der Waals surface area contributed by atoms with Crippen molar-refractivity contribution in [2.75, 3.05) is 0 Å². The van der Waals surface area contributed by atoms with Crippen LogP contribution in [0.4, 0.5) is 4.39 Å². The Bertz CT molecular complexity index is 223. The van der Waals surface area contributed by atoms with Gasteiger partial charge in [-0.05, 0) is 24.3 Å². The molecule has 0 aromatic rings. The average molecular weight is 196 g/mol. The fourth-order valence-corrected chi connectivity index (χ4v) is 1.13. The summed E-state index contributed by atoms with van der Waals surface area (Å²) in [5.74, 6) is 0.723. The summed E-state index contributed by atoms with van der Waals surface area (Å²) in [5, 5.41) is 0. The van der Waals surface area contributed by atoms with Gasteiger partial charge < -0.3 is 0 Å². The Hall–Kier alpha value is -0.850. The summed E-state index contributed by atoms with van der Waals surface area (Å²) in [4.78, 5) is 0. The van der Waals surface area contributed by atoms with Crippen molar-refractivity contribution < 1.29 is 4.39 Å². The van der Waals surface area contributed by atoms with Crippen molar-refractivity contribution in [3.05, 3.63) is 36.7 Å². The summed E-state index contributed by atoms with van der Waals surface area (Å²) in [5.41, 5.74) is 0.976. The van der Waals surface area contributed by atoms with Crippen LogP contribution in [0.15, 0.2) is 36.7 Å². The van der Waals surface area contributed by atoms with Crippen LogP contribution in [0.3, 0.4) is 0 Å². The van der Waals surface area contributed by atoms with Gasteiger partial charge in [-0.3, -0.25) is 0 Å². The van der Waals surface area contributed by atoms with Gasteiger partial charge in [0, 0.05) is 0 Å². The first kappa shape index (κ1) is 13.2. The molecule has 14 heavy (non-hydrogen) atoms. The fourth-order valence-electron chi connectivity index (χ4n) is 1.13. The maximum absolute atomic E-state index is 12.3. The Labute approximate surface area is 87.2 Å². The molecule has 1 heteroatoms. The van der Waals surface area contributed by atoms with Crippen LogP contribution in [0.5, 0.6) is 0 Å². The summed E-state index contributed by atoms with van der Waals surface area (Å²) in [6.07, 6.45) is 5.38. The smallest absolute Gasteiger partial charge is 0.116 e. The van der Waals surface area contributed by atoms with Crippen LogP contribution >= 0.6 is 0 Å². The average Bonchev–Trinajstić information content (AvgIpc) is 2.09. The topological polar surface area (TPSA) is 0 Å². The number of allylic oxidation sites excluding steroid dienone is 4. The van der Waals surface area contributed by atoms with E-state index < -0.39 is 5.83 Å². The standard InChI is InChI=1S/C13H21F/c1-10(2)6-7-11(3)12(4)8-9-13(5)14/h8-11H,4-7H2,1-3H3/b9-8-. The molecule has 0 saturated carbocycles. The number of halogens is 1. The monoisotopic (exact) mass is 196 g/mol. The first-order chi connectivity index (χ1) is 6.43. The van der Waals surface area contributed by atoms with E-state index in [1.807, 2.05) is 0 Å². The largest absolute Gasteiger partial charge is 0.208 e. The molecule has 0 aliphatic rings. The molecule has 0 aromatic heterocycles. The molecule has 80 valence electrons. The minimum absolute atomic E-state index is 0.415. The van der Waals surface area contributed by atoms with E-state index in [1.165, 1.54) is 12.5 Å². The van der Waals surface area contributed by atoms with Crippen molar-refractivity contribution in [3.63, 3.8) is 0 Å². The highest BCUT2D eigenvalue weighted by molar-refractivity contribution is 5.22. The van der Waals surface area contributed by atoms with E-state index in [0.29, 0.717) is 11.8 Å². The lowest BCUT2D eigenvalue weighted by Gasteiger charge is -2.12. The van der Waals surface area contributed by atoms with Gasteiger partial charge in [0.15, 0.2) is 0 Å². The molecule has 0 saturated heterocycles. The van der Waals surface area contributed by atoms with Gasteiger partial charge in [-0.1, -0.05) is 52.0 Å². The van der Waals surface area contributed by atoms with Crippen molar-refractivity contribution in [2.45, 2.75) is 33.6 Å². The molecule has 0 heterocycles. The lowest BCUT2D eigenvalue weighted by Crippen LogP contribution is -1.99. The Kier molecular flexibility index (Phi) is 6.18. The summed E-state index contributed by atoms with van der Waals surface area (Å²) < 4.78 is 12.3. The molecular weight excluding hydrogens is 175 g/mol. The van der Waals surface area contributed by atoms with E-state index in [4.69, 9.17) is 0 Å². The second-order valence-electron chi connectivity index (χ2n) is 4.23. The number of rotatable bonds is 6. The Morgan fingerprint density at radius 2 is 1.71 bits per heavy atom. The van der Waals surface area contributed by atoms with Gasteiger partial charge in [0.2, 0.25) is 0 Å². The van der Waals surface area contributed by atoms with Gasteiger partial charge in [-0.15, -0.1) is 0 Å². The number of hydrogen-bond donors (Lipinski definition) is 0. The molecule has 0 fully saturated rings. The maximum Gasteiger partial charge on any atom is 0.116 e. The molecule has 0 spiro atoms. The highest BCUT2D eigenvalue weighted by atomic mass is 19.1. The first-order valence-corrected chi connectivity index (χ1v) is 5.14. The molecule has 0 radical (unpaired) electrons. The van der Waals surface area contributed by atoms with Crippen LogP contribution in [0.1, 0.15) is 33.6 Å². The second kappa shape index (κ2) is 6.58. The third kappa shape index (κ3) is 6.64. The highest BCUT2D eigenvalue weighted by Gasteiger charge is 2.05. The van der Waals surface area contributed by atoms with Gasteiger partial charge in [-0.2, -0.15) is 0 Å². The van der Waals surface area contributed by atoms with Gasteiger partial charge in [0.1, 0.15) is 5.83 Å². The third-order valence-corrected chi connectivity index (χ3v) is 2.29. The van der Waals surface area contributed by atoms with E-state index in [0.717, 1.165) is 12.0 Å². The Morgan fingerprint density at radius 3 is 2.14 bits per heavy atom. The minimum Gasteiger partial charge on any atom is -0.208 e. The summed E-state index contributed by atoms with van der Waals surface area (Å²) >= 11 is 0. The SMILES string of the molecule is C=C(F)/C=C\C(=C)C(C)CCC(C)C. The van der Waals surface area contributed by atoms with E-state index in [1.54, 1.807) is 6.08 Å². The third-order valence-electron chi connectivity index (χ3n) is 2.29. The normalized spacial score (nSPS) is 13.5. The van der Waals surface area contributed by atoms with E-state index in [9.17, 15) is 4.39 Å². The lowest BCUT2D eigenvalue weighted by molar-refractivity contribution is 0.494. The minimum atomic E-state index is -0.415. The molecule has 0 N–H and O–H groups in total. The van der Waals surface area contributed by atoms with E-state index in [-0.39, 0.29) is 0 Å². The van der Waals surface area contributed by atoms with Crippen LogP contribution in [0, 0.1) is 11.8 Å². The summed E-state index contributed by atoms with van der Waals surface area (Å²) in [6.45, 7) is 13.6. The summed E-state index contributed by atoms with van der Waals surface area (Å²) in [7, 11) is 0. The zero-order chi connectivity index (χ0) is 11.1. The van der Waals surface area contributed by atoms with Gasteiger partial charge in [0.25, 0.3) is 0 Å². The molecule has 0 aliphatic heterocycles. The van der Waals surface area contributed by atoms with Crippen molar-refractivity contribution >= 4 is 0 Å². The molecular formula is C13H21F. The van der Waals surface area contributed by atoms with Crippen molar-refractivity contribution in [2.24, 2.45) is 11.8 Å². The fraction of sp³-hybridized carbons (Fsp3) is 0.538. The van der Waals surface area contributed by atoms with Gasteiger partial charge >= 0.3 is 0 Å². The molecule has 0 rings (SSSR count). The zero-order valence-electron chi connectivity index (χ0n) is 9.52. The van der Waals surface area contributed by atoms with Crippen LogP contribution < -0.4 is 0 Å². The van der Waals surface area contributed by atoms with Gasteiger partial charge in [0.05, 0.1) is 0 Å². The molecule has 0 nitrogen and oxygen atoms in total. The quantitative estimate of drug-likeness (QED) is 0.542. The molecule has 0 amide bonds. The Morgan fingerprint density at radius 1 is 1.14 bits per heavy atom. The van der Waals surface area contributed by atoms with Crippen molar-refractivity contribution in [1.29, 1.82) is 0 Å². The molecule has 0 aliphatic carbocycles. The van der Waals surface area contributed by atoms with Crippen LogP contribution in [-0.4, -0.2) is 0 Å². The molecule has 1 unspecified atom stereocenters. The Balaban J connectivity index is 3.93. The van der Waals surface area contributed by atoms with Crippen molar-refractivity contribution in [3.8, 4) is 0 Å². The predicted octanol–water partition coefficient (Wildman–Crippen LogP) is 4.65. The highest BCUT2D eigenvalue weighted by Crippen LogP contribution is 2.19. The second-order valence-corrected chi connectivity index (χ2v) is 4.23. The zero-order valence-corrected chi connectivity index (χ0v) is 9.52. The molecule has 0 bridgehead atoms. The molecule has 0 aromatic carbocycles. The first-order valence-electron chi connectivity index (χ1n) is 5.14. The number of hydrogen-bond acceptors (Lipinski definition) is 0. The van der Waals surface area contributed by atoms with E-state index >= 15 is 0 Å². The predicted molar refractivity (Wildman–Crippen MR) is 61.8 cm³/mol. The lowest BCUT2D eigenvalue weighted by atomic mass is 9.93. The maximum atomic E-state index is 12.3.